The van der Waals surface area contributed by atoms with E-state index in [2.05, 4.69) is 15.5 Å². The maximum atomic E-state index is 13.8. The maximum Gasteiger partial charge on any atom is 0.255 e. The highest BCUT2D eigenvalue weighted by Crippen LogP contribution is 2.31. The van der Waals surface area contributed by atoms with Gasteiger partial charge in [-0.25, -0.2) is 8.78 Å². The summed E-state index contributed by atoms with van der Waals surface area (Å²) in [6.45, 7) is 5.07. The van der Waals surface area contributed by atoms with Gasteiger partial charge in [0.15, 0.2) is 0 Å². The lowest BCUT2D eigenvalue weighted by Gasteiger charge is -2.30. The summed E-state index contributed by atoms with van der Waals surface area (Å²) in [5.41, 5.74) is 1.37. The molecule has 2 aromatic carbocycles. The first-order valence-corrected chi connectivity index (χ1v) is 14.3. The number of hydrogen-bond acceptors (Lipinski definition) is 5. The fourth-order valence-corrected chi connectivity index (χ4v) is 5.96. The molecule has 3 fully saturated rings. The third-order valence-corrected chi connectivity index (χ3v) is 8.12. The molecule has 5 rings (SSSR count). The summed E-state index contributed by atoms with van der Waals surface area (Å²) < 4.78 is 27.7. The van der Waals surface area contributed by atoms with Gasteiger partial charge in [-0.05, 0) is 49.6 Å². The monoisotopic (exact) mass is 553 g/mol. The van der Waals surface area contributed by atoms with Gasteiger partial charge in [-0.2, -0.15) is 0 Å². The second-order valence-electron chi connectivity index (χ2n) is 10.9. The zero-order valence-corrected chi connectivity index (χ0v) is 22.8. The summed E-state index contributed by atoms with van der Waals surface area (Å²) in [5.74, 6) is -2.15. The van der Waals surface area contributed by atoms with Crippen molar-refractivity contribution in [3.63, 3.8) is 0 Å². The summed E-state index contributed by atoms with van der Waals surface area (Å²) in [6, 6.07) is 7.89. The normalized spacial score (nSPS) is 18.8. The van der Waals surface area contributed by atoms with Crippen LogP contribution in [0.3, 0.4) is 0 Å². The van der Waals surface area contributed by atoms with Gasteiger partial charge >= 0.3 is 0 Å². The molecule has 2 heterocycles. The molecule has 8 nitrogen and oxygen atoms in total. The molecule has 0 radical (unpaired) electrons. The minimum absolute atomic E-state index is 0.108. The fourth-order valence-electron chi connectivity index (χ4n) is 5.96. The molecular weight excluding hydrogens is 516 g/mol. The molecule has 1 aliphatic carbocycles. The number of benzene rings is 2. The van der Waals surface area contributed by atoms with Crippen LogP contribution in [0.15, 0.2) is 36.4 Å². The number of amides is 3. The van der Waals surface area contributed by atoms with Crippen molar-refractivity contribution >= 4 is 29.1 Å². The van der Waals surface area contributed by atoms with Crippen molar-refractivity contribution in [2.75, 3.05) is 62.6 Å². The third kappa shape index (κ3) is 6.60. The number of nitrogens with one attached hydrogen (secondary N) is 2. The SMILES string of the molecule is O=C(Nc1cc(C(=O)N2CCNCC2)ccc1N1CCCN(C(=O)C2CCCCC2)CC1)c1cc(F)cc(F)c1. The molecule has 2 saturated heterocycles. The first-order valence-electron chi connectivity index (χ1n) is 14.3. The Hall–Kier alpha value is -3.53. The van der Waals surface area contributed by atoms with E-state index in [1.54, 1.807) is 17.0 Å². The van der Waals surface area contributed by atoms with E-state index < -0.39 is 17.5 Å². The Morgan fingerprint density at radius 2 is 1.48 bits per heavy atom. The molecule has 0 unspecified atom stereocenters. The average molecular weight is 554 g/mol. The second-order valence-corrected chi connectivity index (χ2v) is 10.9. The summed E-state index contributed by atoms with van der Waals surface area (Å²) in [4.78, 5) is 45.4. The zero-order valence-electron chi connectivity index (χ0n) is 22.8. The number of carbonyl (C=O) groups excluding carboxylic acids is 3. The summed E-state index contributed by atoms with van der Waals surface area (Å²) in [6.07, 6.45) is 6.09. The number of anilines is 2. The lowest BCUT2D eigenvalue weighted by atomic mass is 9.88. The van der Waals surface area contributed by atoms with Crippen molar-refractivity contribution in [2.45, 2.75) is 38.5 Å². The van der Waals surface area contributed by atoms with Crippen molar-refractivity contribution < 1.29 is 23.2 Å². The van der Waals surface area contributed by atoms with Crippen LogP contribution in [0, 0.1) is 17.6 Å². The molecule has 10 heteroatoms. The van der Waals surface area contributed by atoms with Gasteiger partial charge in [0.1, 0.15) is 11.6 Å². The van der Waals surface area contributed by atoms with Crippen molar-refractivity contribution in [3.05, 3.63) is 59.2 Å². The molecule has 0 atom stereocenters. The van der Waals surface area contributed by atoms with Crippen molar-refractivity contribution in [1.29, 1.82) is 0 Å². The van der Waals surface area contributed by atoms with Crippen LogP contribution in [-0.2, 0) is 4.79 Å². The highest BCUT2D eigenvalue weighted by Gasteiger charge is 2.28. The highest BCUT2D eigenvalue weighted by atomic mass is 19.1. The molecule has 0 aromatic heterocycles. The van der Waals surface area contributed by atoms with E-state index in [0.29, 0.717) is 75.4 Å². The molecule has 1 saturated carbocycles. The summed E-state index contributed by atoms with van der Waals surface area (Å²) in [7, 11) is 0. The van der Waals surface area contributed by atoms with E-state index in [-0.39, 0.29) is 23.3 Å². The number of hydrogen-bond donors (Lipinski definition) is 2. The van der Waals surface area contributed by atoms with Gasteiger partial charge in [0, 0.05) is 75.5 Å². The van der Waals surface area contributed by atoms with Crippen LogP contribution in [0.25, 0.3) is 0 Å². The summed E-state index contributed by atoms with van der Waals surface area (Å²) >= 11 is 0. The summed E-state index contributed by atoms with van der Waals surface area (Å²) in [5, 5.41) is 6.03. The topological polar surface area (TPSA) is 85.0 Å². The van der Waals surface area contributed by atoms with Crippen LogP contribution in [0.1, 0.15) is 59.2 Å². The molecule has 2 N–H and O–H groups in total. The van der Waals surface area contributed by atoms with Crippen molar-refractivity contribution in [2.24, 2.45) is 5.92 Å². The Labute approximate surface area is 233 Å². The number of nitrogens with zero attached hydrogens (tertiary/aromatic N) is 3. The predicted molar refractivity (Wildman–Crippen MR) is 150 cm³/mol. The molecule has 3 amide bonds. The van der Waals surface area contributed by atoms with Crippen molar-refractivity contribution in [3.8, 4) is 0 Å². The quantitative estimate of drug-likeness (QED) is 0.587. The fraction of sp³-hybridized carbons (Fsp3) is 0.500. The Kier molecular flexibility index (Phi) is 8.94. The minimum Gasteiger partial charge on any atom is -0.368 e. The molecule has 3 aliphatic rings. The van der Waals surface area contributed by atoms with E-state index in [1.807, 2.05) is 11.0 Å². The first-order chi connectivity index (χ1) is 19.4. The zero-order chi connectivity index (χ0) is 28.1. The smallest absolute Gasteiger partial charge is 0.255 e. The number of piperazine rings is 1. The van der Waals surface area contributed by atoms with Crippen LogP contribution in [0.5, 0.6) is 0 Å². The lowest BCUT2D eigenvalue weighted by molar-refractivity contribution is -0.136. The maximum absolute atomic E-state index is 13.8. The van der Waals surface area contributed by atoms with E-state index in [1.165, 1.54) is 6.42 Å². The molecule has 0 spiro atoms. The van der Waals surface area contributed by atoms with Gasteiger partial charge in [-0.1, -0.05) is 19.3 Å². The molecular formula is C30H37F2N5O3. The molecule has 0 bridgehead atoms. The number of rotatable bonds is 5. The van der Waals surface area contributed by atoms with Crippen LogP contribution < -0.4 is 15.5 Å². The second kappa shape index (κ2) is 12.8. The molecule has 40 heavy (non-hydrogen) atoms. The standard InChI is InChI=1S/C30H37F2N5O3/c31-24-17-23(18-25(32)20-24)28(38)34-26-19-22(30(40)37-13-9-33-10-14-37)7-8-27(26)35-11-4-12-36(16-15-35)29(39)21-5-2-1-3-6-21/h7-8,17-21,33H,1-6,9-16H2,(H,34,38). The molecule has 214 valence electrons. The van der Waals surface area contributed by atoms with Crippen LogP contribution in [0.2, 0.25) is 0 Å². The van der Waals surface area contributed by atoms with Crippen LogP contribution in [0.4, 0.5) is 20.2 Å². The van der Waals surface area contributed by atoms with Crippen LogP contribution >= 0.6 is 0 Å². The van der Waals surface area contributed by atoms with E-state index in [9.17, 15) is 23.2 Å². The van der Waals surface area contributed by atoms with Gasteiger partial charge < -0.3 is 25.3 Å². The van der Waals surface area contributed by atoms with Gasteiger partial charge in [-0.3, -0.25) is 14.4 Å². The average Bonchev–Trinajstić information content (AvgIpc) is 3.23. The Morgan fingerprint density at radius 3 is 2.20 bits per heavy atom. The van der Waals surface area contributed by atoms with Crippen molar-refractivity contribution in [1.82, 2.24) is 15.1 Å². The van der Waals surface area contributed by atoms with E-state index >= 15 is 0 Å². The largest absolute Gasteiger partial charge is 0.368 e. The molecule has 2 aliphatic heterocycles. The third-order valence-electron chi connectivity index (χ3n) is 8.12. The van der Waals surface area contributed by atoms with Gasteiger partial charge in [0.05, 0.1) is 11.4 Å². The van der Waals surface area contributed by atoms with Gasteiger partial charge in [0.25, 0.3) is 11.8 Å². The first kappa shape index (κ1) is 28.0. The molecule has 2 aromatic rings. The minimum atomic E-state index is -0.844. The van der Waals surface area contributed by atoms with E-state index in [4.69, 9.17) is 0 Å². The Morgan fingerprint density at radius 1 is 0.750 bits per heavy atom. The van der Waals surface area contributed by atoms with Gasteiger partial charge in [0.2, 0.25) is 5.91 Å². The predicted octanol–water partition coefficient (Wildman–Crippen LogP) is 3.88. The Bertz CT molecular complexity index is 1220. The van der Waals surface area contributed by atoms with Gasteiger partial charge in [-0.15, -0.1) is 0 Å². The Balaban J connectivity index is 1.38. The number of halogens is 2. The highest BCUT2D eigenvalue weighted by molar-refractivity contribution is 6.07. The number of carbonyl (C=O) groups is 3. The van der Waals surface area contributed by atoms with Crippen LogP contribution in [-0.4, -0.2) is 79.9 Å². The van der Waals surface area contributed by atoms with E-state index in [0.717, 1.165) is 44.2 Å². The lowest BCUT2D eigenvalue weighted by Crippen LogP contribution is -2.46.